The fourth-order valence-corrected chi connectivity index (χ4v) is 0.926. The zero-order valence-electron chi connectivity index (χ0n) is 6.71. The third-order valence-electron chi connectivity index (χ3n) is 1.59. The normalized spacial score (nSPS) is 15.2. The third-order valence-corrected chi connectivity index (χ3v) is 1.59. The van der Waals surface area contributed by atoms with E-state index in [1.165, 1.54) is 12.5 Å². The van der Waals surface area contributed by atoms with Gasteiger partial charge in [0, 0.05) is 0 Å². The van der Waals surface area contributed by atoms with Crippen LogP contribution in [0.3, 0.4) is 0 Å². The molecule has 0 spiro atoms. The maximum atomic E-state index is 10.2. The summed E-state index contributed by atoms with van der Waals surface area (Å²) < 4.78 is 0. The lowest BCUT2D eigenvalue weighted by Gasteiger charge is -2.13. The maximum absolute atomic E-state index is 10.2. The van der Waals surface area contributed by atoms with E-state index in [1.54, 1.807) is 0 Å². The number of rotatable bonds is 4. The molecule has 0 amide bonds. The molecule has 6 heteroatoms. The Kier molecular flexibility index (Phi) is 2.99. The first-order chi connectivity index (χ1) is 6.11. The number of aliphatic carboxylic acids is 1. The van der Waals surface area contributed by atoms with Gasteiger partial charge in [-0.2, -0.15) is 0 Å². The minimum absolute atomic E-state index is 0.300. The second kappa shape index (κ2) is 4.01. The molecule has 0 aliphatic heterocycles. The van der Waals surface area contributed by atoms with Gasteiger partial charge in [-0.25, -0.2) is 4.98 Å². The number of hydrogen-bond acceptors (Lipinski definition) is 4. The van der Waals surface area contributed by atoms with E-state index >= 15 is 0 Å². The Morgan fingerprint density at radius 3 is 2.77 bits per heavy atom. The van der Waals surface area contributed by atoms with Gasteiger partial charge < -0.3 is 20.3 Å². The van der Waals surface area contributed by atoms with Crippen LogP contribution in [0.4, 0.5) is 0 Å². The lowest BCUT2D eigenvalue weighted by molar-refractivity contribution is -0.141. The van der Waals surface area contributed by atoms with Crippen molar-refractivity contribution in [1.29, 1.82) is 0 Å². The van der Waals surface area contributed by atoms with Crippen molar-refractivity contribution in [2.45, 2.75) is 18.6 Å². The molecule has 6 nitrogen and oxygen atoms in total. The summed E-state index contributed by atoms with van der Waals surface area (Å²) in [6.07, 6.45) is -0.390. The maximum Gasteiger partial charge on any atom is 0.306 e. The van der Waals surface area contributed by atoms with E-state index in [4.69, 9.17) is 5.11 Å². The van der Waals surface area contributed by atoms with E-state index in [0.29, 0.717) is 5.69 Å². The Morgan fingerprint density at radius 1 is 1.62 bits per heavy atom. The van der Waals surface area contributed by atoms with Gasteiger partial charge in [0.05, 0.1) is 30.7 Å². The van der Waals surface area contributed by atoms with Crippen molar-refractivity contribution in [3.8, 4) is 0 Å². The van der Waals surface area contributed by atoms with E-state index < -0.39 is 24.6 Å². The Labute approximate surface area is 73.9 Å². The molecule has 0 saturated heterocycles. The molecule has 0 aliphatic rings. The number of aliphatic hydroxyl groups excluding tert-OH is 2. The van der Waals surface area contributed by atoms with Crippen molar-refractivity contribution in [2.24, 2.45) is 0 Å². The summed E-state index contributed by atoms with van der Waals surface area (Å²) in [4.78, 5) is 16.4. The topological polar surface area (TPSA) is 106 Å². The highest BCUT2D eigenvalue weighted by Gasteiger charge is 2.21. The number of nitrogens with zero attached hydrogens (tertiary/aromatic N) is 1. The van der Waals surface area contributed by atoms with Crippen LogP contribution >= 0.6 is 0 Å². The Balaban J connectivity index is 2.57. The summed E-state index contributed by atoms with van der Waals surface area (Å²) in [6.45, 7) is 0. The summed E-state index contributed by atoms with van der Waals surface area (Å²) >= 11 is 0. The van der Waals surface area contributed by atoms with Crippen LogP contribution in [-0.2, 0) is 4.79 Å². The molecule has 1 aromatic rings. The third kappa shape index (κ3) is 2.53. The zero-order valence-corrected chi connectivity index (χ0v) is 6.71. The molecular weight excluding hydrogens is 176 g/mol. The average molecular weight is 186 g/mol. The highest BCUT2D eigenvalue weighted by atomic mass is 16.4. The molecule has 0 saturated carbocycles. The van der Waals surface area contributed by atoms with Gasteiger partial charge in [-0.05, 0) is 0 Å². The van der Waals surface area contributed by atoms with Gasteiger partial charge in [0.2, 0.25) is 0 Å². The number of imidazole rings is 1. The average Bonchev–Trinajstić information content (AvgIpc) is 2.53. The quantitative estimate of drug-likeness (QED) is 0.496. The monoisotopic (exact) mass is 186 g/mol. The predicted octanol–water partition coefficient (Wildman–Crippen LogP) is -0.721. The van der Waals surface area contributed by atoms with E-state index in [-0.39, 0.29) is 0 Å². The molecule has 13 heavy (non-hydrogen) atoms. The van der Waals surface area contributed by atoms with E-state index in [0.717, 1.165) is 0 Å². The van der Waals surface area contributed by atoms with Crippen molar-refractivity contribution in [3.05, 3.63) is 18.2 Å². The lowest BCUT2D eigenvalue weighted by atomic mass is 10.1. The van der Waals surface area contributed by atoms with Gasteiger partial charge in [0.1, 0.15) is 6.10 Å². The first-order valence-electron chi connectivity index (χ1n) is 3.67. The molecule has 1 rings (SSSR count). The van der Waals surface area contributed by atoms with Crippen LogP contribution < -0.4 is 0 Å². The van der Waals surface area contributed by atoms with Crippen LogP contribution in [0.2, 0.25) is 0 Å². The number of carboxylic acids is 1. The number of carbonyl (C=O) groups is 1. The Morgan fingerprint density at radius 2 is 2.31 bits per heavy atom. The van der Waals surface area contributed by atoms with Crippen molar-refractivity contribution >= 4 is 5.97 Å². The van der Waals surface area contributed by atoms with Crippen LogP contribution in [0.1, 0.15) is 18.2 Å². The summed E-state index contributed by atoms with van der Waals surface area (Å²) in [5.74, 6) is -1.16. The molecule has 2 unspecified atom stereocenters. The Bertz CT molecular complexity index is 272. The van der Waals surface area contributed by atoms with Crippen LogP contribution in [0.5, 0.6) is 0 Å². The molecule has 0 fully saturated rings. The fraction of sp³-hybridized carbons (Fsp3) is 0.429. The van der Waals surface area contributed by atoms with Crippen LogP contribution in [-0.4, -0.2) is 37.4 Å². The molecule has 2 atom stereocenters. The number of nitrogens with one attached hydrogen (secondary N) is 1. The van der Waals surface area contributed by atoms with Gasteiger partial charge in [-0.15, -0.1) is 0 Å². The zero-order chi connectivity index (χ0) is 9.84. The number of aromatic amines is 1. The van der Waals surface area contributed by atoms with Crippen molar-refractivity contribution in [1.82, 2.24) is 9.97 Å². The van der Waals surface area contributed by atoms with Crippen LogP contribution in [0.25, 0.3) is 0 Å². The Hall–Kier alpha value is -1.40. The first-order valence-corrected chi connectivity index (χ1v) is 3.67. The van der Waals surface area contributed by atoms with Gasteiger partial charge in [0.15, 0.2) is 0 Å². The lowest BCUT2D eigenvalue weighted by Crippen LogP contribution is -2.21. The second-order valence-corrected chi connectivity index (χ2v) is 2.62. The molecule has 0 radical (unpaired) electrons. The molecule has 1 heterocycles. The van der Waals surface area contributed by atoms with Gasteiger partial charge in [-0.1, -0.05) is 0 Å². The fourth-order valence-electron chi connectivity index (χ4n) is 0.926. The first kappa shape index (κ1) is 9.69. The molecule has 1 aromatic heterocycles. The summed E-state index contributed by atoms with van der Waals surface area (Å²) in [6, 6.07) is 0. The molecular formula is C7H10N2O4. The van der Waals surface area contributed by atoms with Gasteiger partial charge in [0.25, 0.3) is 0 Å². The standard InChI is InChI=1S/C7H10N2O4/c10-5(1-6(11)12)7(13)4-2-8-3-9-4/h2-3,5,7,10,13H,1H2,(H,8,9)(H,11,12). The minimum Gasteiger partial charge on any atom is -0.481 e. The SMILES string of the molecule is O=C(O)CC(O)C(O)c1cnc[nH]1. The van der Waals surface area contributed by atoms with Crippen LogP contribution in [0, 0.1) is 0 Å². The van der Waals surface area contributed by atoms with E-state index in [9.17, 15) is 15.0 Å². The number of H-pyrrole nitrogens is 1. The number of hydrogen-bond donors (Lipinski definition) is 4. The van der Waals surface area contributed by atoms with E-state index in [1.807, 2.05) is 0 Å². The highest BCUT2D eigenvalue weighted by Crippen LogP contribution is 2.15. The number of carboxylic acid groups (broad SMARTS) is 1. The van der Waals surface area contributed by atoms with Crippen LogP contribution in [0.15, 0.2) is 12.5 Å². The number of aliphatic hydroxyl groups is 2. The highest BCUT2D eigenvalue weighted by molar-refractivity contribution is 5.67. The van der Waals surface area contributed by atoms with Crippen molar-refractivity contribution in [3.63, 3.8) is 0 Å². The second-order valence-electron chi connectivity index (χ2n) is 2.62. The predicted molar refractivity (Wildman–Crippen MR) is 41.8 cm³/mol. The summed E-state index contributed by atoms with van der Waals surface area (Å²) in [5.41, 5.74) is 0.300. The molecule has 0 aromatic carbocycles. The summed E-state index contributed by atoms with van der Waals surface area (Å²) in [7, 11) is 0. The van der Waals surface area contributed by atoms with E-state index in [2.05, 4.69) is 9.97 Å². The van der Waals surface area contributed by atoms with Gasteiger partial charge >= 0.3 is 5.97 Å². The largest absolute Gasteiger partial charge is 0.481 e. The smallest absolute Gasteiger partial charge is 0.306 e. The van der Waals surface area contributed by atoms with Crippen molar-refractivity contribution < 1.29 is 20.1 Å². The number of aromatic nitrogens is 2. The van der Waals surface area contributed by atoms with Crippen molar-refractivity contribution in [2.75, 3.05) is 0 Å². The minimum atomic E-state index is -1.32. The van der Waals surface area contributed by atoms with Gasteiger partial charge in [-0.3, -0.25) is 4.79 Å². The molecule has 72 valence electrons. The molecule has 0 bridgehead atoms. The molecule has 4 N–H and O–H groups in total. The summed E-state index contributed by atoms with van der Waals surface area (Å²) in [5, 5.41) is 26.9. The molecule has 0 aliphatic carbocycles.